The molecule has 68 valence electrons. The molecule has 0 N–H and O–H groups in total. The van der Waals surface area contributed by atoms with Crippen molar-refractivity contribution in [2.75, 3.05) is 7.11 Å². The third-order valence-electron chi connectivity index (χ3n) is 1.91. The third kappa shape index (κ3) is 1.49. The average Bonchev–Trinajstić information content (AvgIpc) is 2.58. The van der Waals surface area contributed by atoms with Gasteiger partial charge in [-0.25, -0.2) is 0 Å². The van der Waals surface area contributed by atoms with Crippen LogP contribution in [-0.2, 0) is 5.88 Å². The van der Waals surface area contributed by atoms with Crippen LogP contribution in [0.4, 0.5) is 0 Å². The van der Waals surface area contributed by atoms with Crippen molar-refractivity contribution in [1.29, 1.82) is 0 Å². The van der Waals surface area contributed by atoms with E-state index in [2.05, 4.69) is 0 Å². The molecule has 1 aromatic carbocycles. The van der Waals surface area contributed by atoms with Gasteiger partial charge >= 0.3 is 0 Å². The van der Waals surface area contributed by atoms with Gasteiger partial charge in [-0.05, 0) is 24.3 Å². The van der Waals surface area contributed by atoms with Gasteiger partial charge in [-0.2, -0.15) is 0 Å². The van der Waals surface area contributed by atoms with E-state index in [1.165, 1.54) is 0 Å². The molecule has 13 heavy (non-hydrogen) atoms. The number of benzene rings is 1. The maximum atomic E-state index is 5.65. The van der Waals surface area contributed by atoms with Gasteiger partial charge in [0.05, 0.1) is 13.0 Å². The number of methoxy groups -OCH3 is 1. The summed E-state index contributed by atoms with van der Waals surface area (Å²) in [6, 6.07) is 7.59. The summed E-state index contributed by atoms with van der Waals surface area (Å²) < 4.78 is 10.5. The fourth-order valence-electron chi connectivity index (χ4n) is 1.27. The molecule has 1 heterocycles. The summed E-state index contributed by atoms with van der Waals surface area (Å²) in [5, 5.41) is 1.02. The van der Waals surface area contributed by atoms with Gasteiger partial charge in [-0.3, -0.25) is 0 Å². The fraction of sp³-hybridized carbons (Fsp3) is 0.200. The molecule has 2 aromatic rings. The van der Waals surface area contributed by atoms with Crippen molar-refractivity contribution in [3.8, 4) is 5.75 Å². The van der Waals surface area contributed by atoms with Gasteiger partial charge in [0, 0.05) is 5.39 Å². The molecule has 0 unspecified atom stereocenters. The van der Waals surface area contributed by atoms with Crippen LogP contribution in [-0.4, -0.2) is 7.11 Å². The molecule has 0 radical (unpaired) electrons. The lowest BCUT2D eigenvalue weighted by Crippen LogP contribution is -1.79. The molecular formula is C10H9ClO2. The van der Waals surface area contributed by atoms with E-state index >= 15 is 0 Å². The summed E-state index contributed by atoms with van der Waals surface area (Å²) >= 11 is 5.65. The summed E-state index contributed by atoms with van der Waals surface area (Å²) in [6.45, 7) is 0. The molecule has 0 spiro atoms. The maximum absolute atomic E-state index is 5.65. The number of hydrogen-bond donors (Lipinski definition) is 0. The van der Waals surface area contributed by atoms with Crippen molar-refractivity contribution in [2.45, 2.75) is 5.88 Å². The quantitative estimate of drug-likeness (QED) is 0.689. The Morgan fingerprint density at radius 1 is 1.38 bits per heavy atom. The van der Waals surface area contributed by atoms with Crippen molar-refractivity contribution in [2.24, 2.45) is 0 Å². The molecule has 0 aliphatic rings. The average molecular weight is 197 g/mol. The minimum atomic E-state index is 0.400. The zero-order valence-electron chi connectivity index (χ0n) is 7.21. The Kier molecular flexibility index (Phi) is 2.15. The van der Waals surface area contributed by atoms with Crippen LogP contribution in [0.2, 0.25) is 0 Å². The first-order valence-corrected chi connectivity index (χ1v) is 4.49. The minimum absolute atomic E-state index is 0.400. The molecule has 0 saturated heterocycles. The van der Waals surface area contributed by atoms with Crippen molar-refractivity contribution < 1.29 is 9.15 Å². The van der Waals surface area contributed by atoms with E-state index in [0.29, 0.717) is 5.88 Å². The highest BCUT2D eigenvalue weighted by Crippen LogP contribution is 2.24. The normalized spacial score (nSPS) is 10.6. The molecule has 0 aliphatic carbocycles. The highest BCUT2D eigenvalue weighted by molar-refractivity contribution is 6.17. The van der Waals surface area contributed by atoms with Crippen molar-refractivity contribution in [3.05, 3.63) is 30.0 Å². The van der Waals surface area contributed by atoms with Gasteiger partial charge in [-0.15, -0.1) is 11.6 Å². The number of halogens is 1. The van der Waals surface area contributed by atoms with Gasteiger partial charge in [0.1, 0.15) is 17.1 Å². The number of fused-ring (bicyclic) bond motifs is 1. The monoisotopic (exact) mass is 196 g/mol. The number of rotatable bonds is 2. The Balaban J connectivity index is 2.57. The molecule has 3 heteroatoms. The molecular weight excluding hydrogens is 188 g/mol. The lowest BCUT2D eigenvalue weighted by molar-refractivity contribution is 0.415. The van der Waals surface area contributed by atoms with Gasteiger partial charge in [0.15, 0.2) is 0 Å². The SMILES string of the molecule is COc1ccc2oc(CCl)cc2c1. The Bertz CT molecular complexity index is 418. The van der Waals surface area contributed by atoms with Crippen LogP contribution in [0.1, 0.15) is 5.76 Å². The lowest BCUT2D eigenvalue weighted by Gasteiger charge is -1.96. The number of furan rings is 1. The van der Waals surface area contributed by atoms with E-state index in [0.717, 1.165) is 22.5 Å². The minimum Gasteiger partial charge on any atom is -0.497 e. The van der Waals surface area contributed by atoms with E-state index in [1.54, 1.807) is 7.11 Å². The molecule has 0 aliphatic heterocycles. The molecule has 0 bridgehead atoms. The van der Waals surface area contributed by atoms with Crippen molar-refractivity contribution >= 4 is 22.6 Å². The second kappa shape index (κ2) is 3.30. The van der Waals surface area contributed by atoms with Crippen LogP contribution in [0.15, 0.2) is 28.7 Å². The predicted octanol–water partition coefficient (Wildman–Crippen LogP) is 3.18. The molecule has 0 atom stereocenters. The molecule has 1 aromatic heterocycles. The first-order valence-electron chi connectivity index (χ1n) is 3.96. The van der Waals surface area contributed by atoms with Crippen LogP contribution >= 0.6 is 11.6 Å². The molecule has 0 fully saturated rings. The predicted molar refractivity (Wildman–Crippen MR) is 52.3 cm³/mol. The molecule has 2 nitrogen and oxygen atoms in total. The number of ether oxygens (including phenoxy) is 1. The van der Waals surface area contributed by atoms with Crippen molar-refractivity contribution in [1.82, 2.24) is 0 Å². The zero-order valence-corrected chi connectivity index (χ0v) is 7.97. The molecule has 0 amide bonds. The summed E-state index contributed by atoms with van der Waals surface area (Å²) in [7, 11) is 1.64. The van der Waals surface area contributed by atoms with E-state index in [4.69, 9.17) is 20.8 Å². The highest BCUT2D eigenvalue weighted by Gasteiger charge is 2.03. The Morgan fingerprint density at radius 2 is 2.23 bits per heavy atom. The molecule has 0 saturated carbocycles. The van der Waals surface area contributed by atoms with E-state index in [-0.39, 0.29) is 0 Å². The summed E-state index contributed by atoms with van der Waals surface area (Å²) in [5.41, 5.74) is 0.844. The van der Waals surface area contributed by atoms with Gasteiger partial charge < -0.3 is 9.15 Å². The first kappa shape index (κ1) is 8.45. The second-order valence-corrected chi connectivity index (χ2v) is 3.02. The van der Waals surface area contributed by atoms with Crippen LogP contribution in [0.3, 0.4) is 0 Å². The van der Waals surface area contributed by atoms with Crippen LogP contribution in [0, 0.1) is 0 Å². The lowest BCUT2D eigenvalue weighted by atomic mass is 10.2. The van der Waals surface area contributed by atoms with Crippen molar-refractivity contribution in [3.63, 3.8) is 0 Å². The van der Waals surface area contributed by atoms with E-state index in [1.807, 2.05) is 24.3 Å². The maximum Gasteiger partial charge on any atom is 0.134 e. The van der Waals surface area contributed by atoms with Gasteiger partial charge in [0.25, 0.3) is 0 Å². The van der Waals surface area contributed by atoms with Crippen LogP contribution in [0.25, 0.3) is 11.0 Å². The van der Waals surface area contributed by atoms with Gasteiger partial charge in [0.2, 0.25) is 0 Å². The third-order valence-corrected chi connectivity index (χ3v) is 2.17. The first-order chi connectivity index (χ1) is 6.33. The number of alkyl halides is 1. The highest BCUT2D eigenvalue weighted by atomic mass is 35.5. The summed E-state index contributed by atoms with van der Waals surface area (Å²) in [4.78, 5) is 0. The van der Waals surface area contributed by atoms with Crippen LogP contribution in [0.5, 0.6) is 5.75 Å². The zero-order chi connectivity index (χ0) is 9.26. The number of hydrogen-bond acceptors (Lipinski definition) is 2. The largest absolute Gasteiger partial charge is 0.497 e. The van der Waals surface area contributed by atoms with Crippen LogP contribution < -0.4 is 4.74 Å². The van der Waals surface area contributed by atoms with E-state index < -0.39 is 0 Å². The van der Waals surface area contributed by atoms with E-state index in [9.17, 15) is 0 Å². The Morgan fingerprint density at radius 3 is 2.92 bits per heavy atom. The standard InChI is InChI=1S/C10H9ClO2/c1-12-8-2-3-10-7(4-8)5-9(6-11)13-10/h2-5H,6H2,1H3. The Hall–Kier alpha value is -1.15. The summed E-state index contributed by atoms with van der Waals surface area (Å²) in [5.74, 6) is 2.01. The fourth-order valence-corrected chi connectivity index (χ4v) is 1.40. The Labute approximate surface area is 81.1 Å². The second-order valence-electron chi connectivity index (χ2n) is 2.75. The summed E-state index contributed by atoms with van der Waals surface area (Å²) in [6.07, 6.45) is 0. The topological polar surface area (TPSA) is 22.4 Å². The molecule has 2 rings (SSSR count). The smallest absolute Gasteiger partial charge is 0.134 e. The van der Waals surface area contributed by atoms with Gasteiger partial charge in [-0.1, -0.05) is 0 Å².